The van der Waals surface area contributed by atoms with Gasteiger partial charge < -0.3 is 15.0 Å². The summed E-state index contributed by atoms with van der Waals surface area (Å²) in [6.45, 7) is 5.36. The molecule has 0 bridgehead atoms. The lowest BCUT2D eigenvalue weighted by molar-refractivity contribution is -0.134. The molecule has 1 fully saturated rings. The number of amides is 2. The van der Waals surface area contributed by atoms with E-state index in [1.165, 1.54) is 4.90 Å². The summed E-state index contributed by atoms with van der Waals surface area (Å²) in [7, 11) is 1.59. The quantitative estimate of drug-likeness (QED) is 0.872. The lowest BCUT2D eigenvalue weighted by atomic mass is 9.99. The van der Waals surface area contributed by atoms with E-state index in [1.807, 2.05) is 13.0 Å². The van der Waals surface area contributed by atoms with Crippen LogP contribution in [0.1, 0.15) is 19.4 Å². The second kappa shape index (κ2) is 4.57. The highest BCUT2D eigenvalue weighted by molar-refractivity contribution is 6.09. The molecule has 5 heteroatoms. The van der Waals surface area contributed by atoms with Gasteiger partial charge in [-0.05, 0) is 44.5 Å². The van der Waals surface area contributed by atoms with Crippen molar-refractivity contribution in [3.8, 4) is 5.75 Å². The van der Waals surface area contributed by atoms with Crippen molar-refractivity contribution in [2.45, 2.75) is 26.3 Å². The zero-order valence-electron chi connectivity index (χ0n) is 11.6. The van der Waals surface area contributed by atoms with Crippen LogP contribution in [-0.2, 0) is 9.59 Å². The monoisotopic (exact) mass is 262 g/mol. The standard InChI is InChI=1S/C14H18N2O3/c1-9-7-10(19-4)5-6-11(9)16-8-12(17)15-14(2,3)13(16)18/h5-7H,8H2,1-4H3,(H,15,17). The van der Waals surface area contributed by atoms with Crippen LogP contribution in [0.2, 0.25) is 0 Å². The average Bonchev–Trinajstić information content (AvgIpc) is 2.33. The van der Waals surface area contributed by atoms with Gasteiger partial charge in [0.05, 0.1) is 7.11 Å². The van der Waals surface area contributed by atoms with E-state index >= 15 is 0 Å². The van der Waals surface area contributed by atoms with Gasteiger partial charge in [-0.1, -0.05) is 0 Å². The molecule has 1 saturated heterocycles. The van der Waals surface area contributed by atoms with E-state index in [0.717, 1.165) is 17.0 Å². The molecule has 0 aromatic heterocycles. The highest BCUT2D eigenvalue weighted by atomic mass is 16.5. The van der Waals surface area contributed by atoms with E-state index in [4.69, 9.17) is 4.74 Å². The topological polar surface area (TPSA) is 58.6 Å². The molecule has 19 heavy (non-hydrogen) atoms. The summed E-state index contributed by atoms with van der Waals surface area (Å²) in [6.07, 6.45) is 0. The van der Waals surface area contributed by atoms with Crippen molar-refractivity contribution in [2.24, 2.45) is 0 Å². The van der Waals surface area contributed by atoms with E-state index in [1.54, 1.807) is 33.1 Å². The highest BCUT2D eigenvalue weighted by Crippen LogP contribution is 2.28. The predicted octanol–water partition coefficient (Wildman–Crippen LogP) is 1.25. The van der Waals surface area contributed by atoms with Crippen LogP contribution in [0.15, 0.2) is 18.2 Å². The number of nitrogens with zero attached hydrogens (tertiary/aromatic N) is 1. The minimum absolute atomic E-state index is 0.0510. The molecule has 0 radical (unpaired) electrons. The summed E-state index contributed by atoms with van der Waals surface area (Å²) in [4.78, 5) is 25.6. The number of rotatable bonds is 2. The minimum atomic E-state index is -0.873. The molecule has 2 rings (SSSR count). The van der Waals surface area contributed by atoms with Gasteiger partial charge in [-0.25, -0.2) is 0 Å². The molecule has 1 heterocycles. The lowest BCUT2D eigenvalue weighted by Gasteiger charge is -2.38. The molecule has 1 aliphatic heterocycles. The molecule has 1 aromatic rings. The van der Waals surface area contributed by atoms with E-state index in [0.29, 0.717) is 0 Å². The molecular weight excluding hydrogens is 244 g/mol. The van der Waals surface area contributed by atoms with Gasteiger partial charge in [0.15, 0.2) is 0 Å². The smallest absolute Gasteiger partial charge is 0.252 e. The molecule has 5 nitrogen and oxygen atoms in total. The van der Waals surface area contributed by atoms with Crippen molar-refractivity contribution in [2.75, 3.05) is 18.6 Å². The Morgan fingerprint density at radius 1 is 1.32 bits per heavy atom. The number of carbonyl (C=O) groups is 2. The zero-order chi connectivity index (χ0) is 14.2. The van der Waals surface area contributed by atoms with E-state index in [9.17, 15) is 9.59 Å². The average molecular weight is 262 g/mol. The number of methoxy groups -OCH3 is 1. The van der Waals surface area contributed by atoms with E-state index < -0.39 is 5.54 Å². The second-order valence-electron chi connectivity index (χ2n) is 5.22. The molecular formula is C14H18N2O3. The number of nitrogens with one attached hydrogen (secondary N) is 1. The van der Waals surface area contributed by atoms with Crippen LogP contribution in [-0.4, -0.2) is 31.0 Å². The maximum atomic E-state index is 12.4. The van der Waals surface area contributed by atoms with Crippen LogP contribution >= 0.6 is 0 Å². The molecule has 1 aromatic carbocycles. The van der Waals surface area contributed by atoms with Gasteiger partial charge in [0.1, 0.15) is 17.8 Å². The molecule has 0 saturated carbocycles. The van der Waals surface area contributed by atoms with Crippen molar-refractivity contribution >= 4 is 17.5 Å². The zero-order valence-corrected chi connectivity index (χ0v) is 11.6. The highest BCUT2D eigenvalue weighted by Gasteiger charge is 2.40. The van der Waals surface area contributed by atoms with Gasteiger partial charge in [0, 0.05) is 5.69 Å². The summed E-state index contributed by atoms with van der Waals surface area (Å²) in [5.74, 6) is 0.467. The molecule has 2 amide bonds. The predicted molar refractivity (Wildman–Crippen MR) is 72.3 cm³/mol. The maximum absolute atomic E-state index is 12.4. The Hall–Kier alpha value is -2.04. The van der Waals surface area contributed by atoms with Gasteiger partial charge in [-0.15, -0.1) is 0 Å². The number of piperazine rings is 1. The van der Waals surface area contributed by atoms with E-state index in [-0.39, 0.29) is 18.4 Å². The van der Waals surface area contributed by atoms with Crippen molar-refractivity contribution in [3.63, 3.8) is 0 Å². The first kappa shape index (κ1) is 13.4. The van der Waals surface area contributed by atoms with Crippen LogP contribution in [0, 0.1) is 6.92 Å². The third-order valence-corrected chi connectivity index (χ3v) is 3.23. The maximum Gasteiger partial charge on any atom is 0.252 e. The Morgan fingerprint density at radius 2 is 2.00 bits per heavy atom. The molecule has 0 atom stereocenters. The van der Waals surface area contributed by atoms with Crippen molar-refractivity contribution in [1.29, 1.82) is 0 Å². The number of benzene rings is 1. The summed E-state index contributed by atoms with van der Waals surface area (Å²) in [6, 6.07) is 5.44. The number of aryl methyl sites for hydroxylation is 1. The fourth-order valence-corrected chi connectivity index (χ4v) is 2.25. The Kier molecular flexibility index (Phi) is 3.22. The fraction of sp³-hybridized carbons (Fsp3) is 0.429. The fourth-order valence-electron chi connectivity index (χ4n) is 2.25. The summed E-state index contributed by atoms with van der Waals surface area (Å²) >= 11 is 0. The van der Waals surface area contributed by atoms with Gasteiger partial charge >= 0.3 is 0 Å². The first-order chi connectivity index (χ1) is 8.85. The molecule has 102 valence electrons. The minimum Gasteiger partial charge on any atom is -0.497 e. The number of hydrogen-bond donors (Lipinski definition) is 1. The van der Waals surface area contributed by atoms with Crippen LogP contribution in [0.25, 0.3) is 0 Å². The van der Waals surface area contributed by atoms with E-state index in [2.05, 4.69) is 5.32 Å². The van der Waals surface area contributed by atoms with Crippen molar-refractivity contribution < 1.29 is 14.3 Å². The third kappa shape index (κ3) is 2.41. The third-order valence-electron chi connectivity index (χ3n) is 3.23. The van der Waals surface area contributed by atoms with Crippen molar-refractivity contribution in [3.05, 3.63) is 23.8 Å². The molecule has 1 aliphatic rings. The Bertz CT molecular complexity index is 537. The van der Waals surface area contributed by atoms with Gasteiger partial charge in [0.25, 0.3) is 5.91 Å². The van der Waals surface area contributed by atoms with Crippen LogP contribution in [0.3, 0.4) is 0 Å². The number of anilines is 1. The van der Waals surface area contributed by atoms with Crippen LogP contribution < -0.4 is 15.0 Å². The molecule has 0 spiro atoms. The molecule has 0 aliphatic carbocycles. The lowest BCUT2D eigenvalue weighted by Crippen LogP contribution is -2.64. The van der Waals surface area contributed by atoms with Gasteiger partial charge in [0.2, 0.25) is 5.91 Å². The molecule has 1 N–H and O–H groups in total. The number of carbonyl (C=O) groups excluding carboxylic acids is 2. The first-order valence-electron chi connectivity index (χ1n) is 6.13. The SMILES string of the molecule is COc1ccc(N2CC(=O)NC(C)(C)C2=O)c(C)c1. The number of hydrogen-bond acceptors (Lipinski definition) is 3. The largest absolute Gasteiger partial charge is 0.497 e. The summed E-state index contributed by atoms with van der Waals surface area (Å²) < 4.78 is 5.14. The Labute approximate surface area is 112 Å². The van der Waals surface area contributed by atoms with Crippen LogP contribution in [0.5, 0.6) is 5.75 Å². The summed E-state index contributed by atoms with van der Waals surface area (Å²) in [5.41, 5.74) is 0.772. The normalized spacial score (nSPS) is 18.2. The first-order valence-corrected chi connectivity index (χ1v) is 6.13. The number of ether oxygens (including phenoxy) is 1. The van der Waals surface area contributed by atoms with Gasteiger partial charge in [-0.3, -0.25) is 9.59 Å². The Morgan fingerprint density at radius 3 is 2.58 bits per heavy atom. The van der Waals surface area contributed by atoms with Crippen LogP contribution in [0.4, 0.5) is 5.69 Å². The van der Waals surface area contributed by atoms with Gasteiger partial charge in [-0.2, -0.15) is 0 Å². The molecule has 0 unspecified atom stereocenters. The second-order valence-corrected chi connectivity index (χ2v) is 5.22. The Balaban J connectivity index is 2.40. The summed E-state index contributed by atoms with van der Waals surface area (Å²) in [5, 5.41) is 2.69. The van der Waals surface area contributed by atoms with Crippen molar-refractivity contribution in [1.82, 2.24) is 5.32 Å².